The number of carbonyl (C=O) groups excluding carboxylic acids is 1. The third kappa shape index (κ3) is 2.12. The number of oxime groups is 1. The van der Waals surface area contributed by atoms with Crippen molar-refractivity contribution in [2.45, 2.75) is 39.1 Å². The van der Waals surface area contributed by atoms with Crippen molar-refractivity contribution in [3.8, 4) is 0 Å². The lowest BCUT2D eigenvalue weighted by molar-refractivity contribution is -0.252. The predicted molar refractivity (Wildman–Crippen MR) is 96.8 cm³/mol. The Morgan fingerprint density at radius 2 is 1.92 bits per heavy atom. The molecule has 3 atom stereocenters. The zero-order valence-corrected chi connectivity index (χ0v) is 15.8. The summed E-state index contributed by atoms with van der Waals surface area (Å²) in [7, 11) is 1.85. The highest BCUT2D eigenvalue weighted by atomic mass is 16.7. The van der Waals surface area contributed by atoms with Gasteiger partial charge in [-0.15, -0.1) is 0 Å². The van der Waals surface area contributed by atoms with Gasteiger partial charge in [0.15, 0.2) is 0 Å². The Kier molecular flexibility index (Phi) is 3.59. The Morgan fingerprint density at radius 3 is 2.58 bits per heavy atom. The number of hydrogen-bond acceptors (Lipinski definition) is 6. The summed E-state index contributed by atoms with van der Waals surface area (Å²) in [5, 5.41) is 15.8. The van der Waals surface area contributed by atoms with Crippen molar-refractivity contribution in [1.29, 1.82) is 0 Å². The standard InChI is InChI=1S/C20H24N2O4/c1-11-8-12(2)16(13(3)9-11)17-18-19(4,26-21-17)15(23)10-14-20(18,24)25-7-6-22(14)5/h8-10,18,24H,6-7H2,1-5H3/t18-,19-,20?/m0/s1. The van der Waals surface area contributed by atoms with Crippen LogP contribution in [0.1, 0.15) is 29.2 Å². The number of rotatable bonds is 1. The van der Waals surface area contributed by atoms with Crippen LogP contribution in [0.2, 0.25) is 0 Å². The van der Waals surface area contributed by atoms with E-state index in [1.165, 1.54) is 6.08 Å². The molecule has 0 aromatic heterocycles. The zero-order valence-electron chi connectivity index (χ0n) is 15.8. The van der Waals surface area contributed by atoms with E-state index in [4.69, 9.17) is 9.57 Å². The molecule has 1 fully saturated rings. The number of morpholine rings is 1. The lowest BCUT2D eigenvalue weighted by Gasteiger charge is -2.49. The van der Waals surface area contributed by atoms with Crippen LogP contribution in [0.3, 0.4) is 0 Å². The SMILES string of the molecule is Cc1cc(C)c(C2=NO[C@@]3(C)C(=O)C=C4N(C)CCOC4(O)[C@@H]23)c(C)c1. The second-order valence-electron chi connectivity index (χ2n) is 7.74. The summed E-state index contributed by atoms with van der Waals surface area (Å²) in [6.07, 6.45) is 1.43. The highest BCUT2D eigenvalue weighted by Gasteiger charge is 2.66. The van der Waals surface area contributed by atoms with Gasteiger partial charge in [0.2, 0.25) is 17.2 Å². The number of hydrogen-bond donors (Lipinski definition) is 1. The quantitative estimate of drug-likeness (QED) is 0.831. The number of aliphatic hydroxyl groups is 1. The van der Waals surface area contributed by atoms with Crippen molar-refractivity contribution in [3.05, 3.63) is 46.2 Å². The van der Waals surface area contributed by atoms with Crippen LogP contribution in [-0.2, 0) is 14.4 Å². The first-order valence-electron chi connectivity index (χ1n) is 8.87. The molecule has 0 amide bonds. The lowest BCUT2D eigenvalue weighted by atomic mass is 9.69. The number of ketones is 1. The van der Waals surface area contributed by atoms with Gasteiger partial charge >= 0.3 is 0 Å². The largest absolute Gasteiger partial charge is 0.380 e. The van der Waals surface area contributed by atoms with Gasteiger partial charge in [-0.25, -0.2) is 0 Å². The zero-order chi connectivity index (χ0) is 18.9. The molecule has 1 aromatic rings. The molecule has 3 aliphatic rings. The van der Waals surface area contributed by atoms with Gasteiger partial charge < -0.3 is 19.6 Å². The first-order chi connectivity index (χ1) is 12.2. The Hall–Kier alpha value is -2.18. The van der Waals surface area contributed by atoms with Crippen LogP contribution in [0.4, 0.5) is 0 Å². The average Bonchev–Trinajstić information content (AvgIpc) is 2.89. The molecule has 0 saturated carbocycles. The molecule has 2 aliphatic heterocycles. The summed E-state index contributed by atoms with van der Waals surface area (Å²) in [4.78, 5) is 20.4. The fourth-order valence-electron chi connectivity index (χ4n) is 4.55. The van der Waals surface area contributed by atoms with Crippen molar-refractivity contribution in [2.75, 3.05) is 20.2 Å². The third-order valence-electron chi connectivity index (χ3n) is 5.77. The molecule has 6 nitrogen and oxygen atoms in total. The van der Waals surface area contributed by atoms with E-state index in [1.807, 2.05) is 32.7 Å². The Morgan fingerprint density at radius 1 is 1.27 bits per heavy atom. The van der Waals surface area contributed by atoms with E-state index in [1.54, 1.807) is 6.92 Å². The number of nitrogens with zero attached hydrogens (tertiary/aromatic N) is 2. The van der Waals surface area contributed by atoms with Gasteiger partial charge in [0.1, 0.15) is 11.6 Å². The minimum Gasteiger partial charge on any atom is -0.380 e. The van der Waals surface area contributed by atoms with E-state index in [0.717, 1.165) is 22.3 Å². The van der Waals surface area contributed by atoms with Crippen LogP contribution in [0.5, 0.6) is 0 Å². The highest BCUT2D eigenvalue weighted by Crippen LogP contribution is 2.49. The van der Waals surface area contributed by atoms with Crippen LogP contribution >= 0.6 is 0 Å². The molecule has 2 heterocycles. The van der Waals surface area contributed by atoms with Gasteiger partial charge in [-0.2, -0.15) is 0 Å². The monoisotopic (exact) mass is 356 g/mol. The smallest absolute Gasteiger partial charge is 0.221 e. The minimum atomic E-state index is -1.64. The third-order valence-corrected chi connectivity index (χ3v) is 5.77. The molecule has 6 heteroatoms. The lowest BCUT2D eigenvalue weighted by Crippen LogP contribution is -2.65. The van der Waals surface area contributed by atoms with Gasteiger partial charge in [0.05, 0.1) is 12.3 Å². The highest BCUT2D eigenvalue weighted by molar-refractivity contribution is 6.13. The first kappa shape index (κ1) is 17.2. The molecule has 26 heavy (non-hydrogen) atoms. The Bertz CT molecular complexity index is 852. The maximum atomic E-state index is 12.9. The van der Waals surface area contributed by atoms with Crippen molar-refractivity contribution in [1.82, 2.24) is 4.90 Å². The van der Waals surface area contributed by atoms with Crippen LogP contribution in [0.15, 0.2) is 29.1 Å². The van der Waals surface area contributed by atoms with Crippen molar-refractivity contribution >= 4 is 11.5 Å². The van der Waals surface area contributed by atoms with Gasteiger partial charge in [-0.3, -0.25) is 4.79 Å². The van der Waals surface area contributed by atoms with E-state index in [-0.39, 0.29) is 5.78 Å². The van der Waals surface area contributed by atoms with Gasteiger partial charge in [0, 0.05) is 25.2 Å². The summed E-state index contributed by atoms with van der Waals surface area (Å²) in [6.45, 7) is 8.71. The van der Waals surface area contributed by atoms with Crippen molar-refractivity contribution < 1.29 is 19.5 Å². The van der Waals surface area contributed by atoms with E-state index in [2.05, 4.69) is 17.3 Å². The van der Waals surface area contributed by atoms with Gasteiger partial charge in [-0.1, -0.05) is 22.9 Å². The number of fused-ring (bicyclic) bond motifs is 3. The summed E-state index contributed by atoms with van der Waals surface area (Å²) in [5.41, 5.74) is 3.88. The fourth-order valence-corrected chi connectivity index (χ4v) is 4.55. The van der Waals surface area contributed by atoms with Crippen LogP contribution in [0.25, 0.3) is 0 Å². The molecule has 1 unspecified atom stereocenters. The first-order valence-corrected chi connectivity index (χ1v) is 8.87. The van der Waals surface area contributed by atoms with Crippen LogP contribution in [-0.4, -0.2) is 53.1 Å². The van der Waals surface area contributed by atoms with E-state index in [0.29, 0.717) is 24.6 Å². The molecular formula is C20H24N2O4. The second-order valence-corrected chi connectivity index (χ2v) is 7.74. The van der Waals surface area contributed by atoms with Gasteiger partial charge in [-0.05, 0) is 38.8 Å². The fraction of sp³-hybridized carbons (Fsp3) is 0.500. The summed E-state index contributed by atoms with van der Waals surface area (Å²) < 4.78 is 5.86. The number of ether oxygens (including phenoxy) is 1. The topological polar surface area (TPSA) is 71.4 Å². The average molecular weight is 356 g/mol. The molecule has 1 N–H and O–H groups in total. The molecule has 1 saturated heterocycles. The molecule has 0 radical (unpaired) electrons. The summed E-state index contributed by atoms with van der Waals surface area (Å²) >= 11 is 0. The predicted octanol–water partition coefficient (Wildman–Crippen LogP) is 1.84. The van der Waals surface area contributed by atoms with E-state index >= 15 is 0 Å². The van der Waals surface area contributed by atoms with E-state index < -0.39 is 17.3 Å². The maximum absolute atomic E-state index is 12.9. The molecular weight excluding hydrogens is 332 g/mol. The second kappa shape index (κ2) is 5.41. The number of benzene rings is 1. The molecule has 1 aromatic carbocycles. The molecule has 0 spiro atoms. The molecule has 138 valence electrons. The van der Waals surface area contributed by atoms with Gasteiger partial charge in [0.25, 0.3) is 0 Å². The Balaban J connectivity index is 1.92. The minimum absolute atomic E-state index is 0.208. The number of likely N-dealkylation sites (N-methyl/N-ethyl adjacent to an activating group) is 1. The molecule has 0 bridgehead atoms. The van der Waals surface area contributed by atoms with Crippen LogP contribution in [0, 0.1) is 26.7 Å². The number of aryl methyl sites for hydroxylation is 3. The van der Waals surface area contributed by atoms with Crippen molar-refractivity contribution in [2.24, 2.45) is 11.1 Å². The molecule has 1 aliphatic carbocycles. The summed E-state index contributed by atoms with van der Waals surface area (Å²) in [6, 6.07) is 4.14. The normalized spacial score (nSPS) is 33.2. The maximum Gasteiger partial charge on any atom is 0.221 e. The summed E-state index contributed by atoms with van der Waals surface area (Å²) in [5.74, 6) is -2.58. The van der Waals surface area contributed by atoms with Crippen molar-refractivity contribution in [3.63, 3.8) is 0 Å². The van der Waals surface area contributed by atoms with Crippen LogP contribution < -0.4 is 0 Å². The Labute approximate surface area is 153 Å². The van der Waals surface area contributed by atoms with E-state index in [9.17, 15) is 9.90 Å². The molecule has 4 rings (SSSR count). The number of carbonyl (C=O) groups is 1.